The number of hydrogen-bond donors (Lipinski definition) is 6. The van der Waals surface area contributed by atoms with Crippen LogP contribution in [-0.2, 0) is 17.6 Å². The third kappa shape index (κ3) is 6.87. The first-order valence-corrected chi connectivity index (χ1v) is 16.4. The molecule has 1 fully saturated rings. The lowest BCUT2D eigenvalue weighted by atomic mass is 9.91. The number of aliphatic hydroxyl groups is 3. The van der Waals surface area contributed by atoms with Crippen LogP contribution in [0.4, 0.5) is 11.8 Å². The highest BCUT2D eigenvalue weighted by Crippen LogP contribution is 2.39. The molecular weight excluding hydrogens is 622 g/mol. The molecule has 1 aliphatic rings. The van der Waals surface area contributed by atoms with E-state index in [4.69, 9.17) is 14.7 Å². The Morgan fingerprint density at radius 2 is 1.55 bits per heavy atom. The van der Waals surface area contributed by atoms with Gasteiger partial charge in [0.15, 0.2) is 29.0 Å². The summed E-state index contributed by atoms with van der Waals surface area (Å²) in [4.78, 5) is 17.4. The minimum atomic E-state index is -1.32. The van der Waals surface area contributed by atoms with Gasteiger partial charge in [-0.1, -0.05) is 97.9 Å². The van der Waals surface area contributed by atoms with Gasteiger partial charge in [-0.15, -0.1) is 10.2 Å². The summed E-state index contributed by atoms with van der Waals surface area (Å²) in [6.07, 6.45) is -1.87. The van der Waals surface area contributed by atoms with E-state index in [1.165, 1.54) is 6.33 Å². The standard InChI is InChI=1S/C36H39N9O4/c1-2-27-40-33(44-43-27)31-29(47)30(48)35(49-31)45-21-38-28-32(37-19-26(23-14-8-4-9-15-23)24-16-10-5-11-17-24)41-36(42-34(28)45)39-25(20-46)18-22-12-6-3-7-13-22/h3-17,21,25-26,29-31,35,46-48H,2,18-20H2,1H3,(H,40,43,44)(H2,37,39,41,42)/t25?,29-,30+,31-,35+/m0/s1. The Hall–Kier alpha value is -5.21. The second kappa shape index (κ2) is 14.5. The number of aryl methyl sites for hydroxylation is 1. The maximum absolute atomic E-state index is 11.2. The van der Waals surface area contributed by atoms with Crippen molar-refractivity contribution in [2.75, 3.05) is 23.8 Å². The Kier molecular flexibility index (Phi) is 9.57. The van der Waals surface area contributed by atoms with Crippen molar-refractivity contribution in [1.29, 1.82) is 0 Å². The van der Waals surface area contributed by atoms with Gasteiger partial charge in [-0.05, 0) is 23.1 Å². The van der Waals surface area contributed by atoms with Gasteiger partial charge in [0.25, 0.3) is 0 Å². The average molecular weight is 662 g/mol. The summed E-state index contributed by atoms with van der Waals surface area (Å²) in [7, 11) is 0. The summed E-state index contributed by atoms with van der Waals surface area (Å²) in [5, 5.41) is 47.6. The van der Waals surface area contributed by atoms with E-state index in [9.17, 15) is 15.3 Å². The minimum absolute atomic E-state index is 0.00000813. The Balaban J connectivity index is 1.24. The van der Waals surface area contributed by atoms with Gasteiger partial charge in [0.1, 0.15) is 24.1 Å². The van der Waals surface area contributed by atoms with Crippen LogP contribution in [0, 0.1) is 0 Å². The van der Waals surface area contributed by atoms with Crippen molar-refractivity contribution < 1.29 is 20.1 Å². The van der Waals surface area contributed by atoms with Crippen LogP contribution in [0.2, 0.25) is 0 Å². The molecule has 0 saturated carbocycles. The van der Waals surface area contributed by atoms with Crippen molar-refractivity contribution in [3.8, 4) is 0 Å². The normalized spacial score (nSPS) is 19.8. The zero-order valence-electron chi connectivity index (χ0n) is 27.0. The van der Waals surface area contributed by atoms with Crippen molar-refractivity contribution in [1.82, 2.24) is 34.7 Å². The topological polar surface area (TPSA) is 179 Å². The zero-order chi connectivity index (χ0) is 33.7. The number of imidazole rings is 1. The molecule has 5 atom stereocenters. The lowest BCUT2D eigenvalue weighted by molar-refractivity contribution is -0.0382. The quantitative estimate of drug-likeness (QED) is 0.106. The van der Waals surface area contributed by atoms with Gasteiger partial charge >= 0.3 is 0 Å². The monoisotopic (exact) mass is 661 g/mol. The Labute approximate surface area is 283 Å². The molecule has 13 heteroatoms. The Morgan fingerprint density at radius 1 is 0.878 bits per heavy atom. The fourth-order valence-corrected chi connectivity index (χ4v) is 6.25. The van der Waals surface area contributed by atoms with Gasteiger partial charge in [-0.2, -0.15) is 9.97 Å². The van der Waals surface area contributed by atoms with Gasteiger partial charge < -0.3 is 35.7 Å². The first-order chi connectivity index (χ1) is 24.0. The highest BCUT2D eigenvalue weighted by Gasteiger charge is 2.46. The number of benzene rings is 3. The number of rotatable bonds is 13. The number of fused-ring (bicyclic) bond motifs is 1. The third-order valence-corrected chi connectivity index (χ3v) is 8.85. The number of H-pyrrole nitrogens is 1. The van der Waals surface area contributed by atoms with E-state index in [2.05, 4.69) is 55.1 Å². The van der Waals surface area contributed by atoms with Gasteiger partial charge in [0.2, 0.25) is 5.95 Å². The number of hydrogen-bond acceptors (Lipinski definition) is 11. The zero-order valence-corrected chi connectivity index (χ0v) is 27.0. The van der Waals surface area contributed by atoms with Crippen LogP contribution in [0.1, 0.15) is 53.5 Å². The van der Waals surface area contributed by atoms with E-state index in [0.717, 1.165) is 16.7 Å². The molecule has 4 heterocycles. The molecular formula is C36H39N9O4. The SMILES string of the molecule is CCc1nnc([C@H]2O[C@@H](n3cnc4c(NCC(c5ccccc5)c5ccccc5)nc(NC(CO)Cc5ccccc5)nc43)[C@H](O)[C@@H]2O)[nH]1. The van der Waals surface area contributed by atoms with Crippen molar-refractivity contribution in [3.05, 3.63) is 126 Å². The molecule has 1 unspecified atom stereocenters. The second-order valence-electron chi connectivity index (χ2n) is 12.1. The molecule has 3 aromatic carbocycles. The number of aromatic nitrogens is 7. The van der Waals surface area contributed by atoms with Gasteiger partial charge in [0, 0.05) is 18.9 Å². The summed E-state index contributed by atoms with van der Waals surface area (Å²) in [6.45, 7) is 2.28. The molecule has 0 aliphatic carbocycles. The van der Waals surface area contributed by atoms with Crippen LogP contribution >= 0.6 is 0 Å². The second-order valence-corrected chi connectivity index (χ2v) is 12.1. The average Bonchev–Trinajstić information content (AvgIpc) is 3.87. The van der Waals surface area contributed by atoms with E-state index in [1.807, 2.05) is 73.7 Å². The van der Waals surface area contributed by atoms with Gasteiger partial charge in [-0.3, -0.25) is 4.57 Å². The highest BCUT2D eigenvalue weighted by molar-refractivity contribution is 5.84. The fourth-order valence-electron chi connectivity index (χ4n) is 6.25. The third-order valence-electron chi connectivity index (χ3n) is 8.85. The van der Waals surface area contributed by atoms with Gasteiger partial charge in [0.05, 0.1) is 19.0 Å². The van der Waals surface area contributed by atoms with Crippen LogP contribution in [0.25, 0.3) is 11.2 Å². The highest BCUT2D eigenvalue weighted by atomic mass is 16.6. The molecule has 0 bridgehead atoms. The van der Waals surface area contributed by atoms with Gasteiger partial charge in [-0.25, -0.2) is 4.98 Å². The number of ether oxygens (including phenoxy) is 1. The van der Waals surface area contributed by atoms with E-state index < -0.39 is 24.5 Å². The molecule has 3 aromatic heterocycles. The largest absolute Gasteiger partial charge is 0.394 e. The van der Waals surface area contributed by atoms with Crippen molar-refractivity contribution in [3.63, 3.8) is 0 Å². The van der Waals surface area contributed by atoms with Crippen LogP contribution < -0.4 is 10.6 Å². The molecule has 252 valence electrons. The molecule has 6 N–H and O–H groups in total. The minimum Gasteiger partial charge on any atom is -0.394 e. The van der Waals surface area contributed by atoms with Crippen molar-refractivity contribution in [2.45, 2.75) is 56.3 Å². The molecule has 13 nitrogen and oxygen atoms in total. The lowest BCUT2D eigenvalue weighted by Crippen LogP contribution is -2.29. The summed E-state index contributed by atoms with van der Waals surface area (Å²) < 4.78 is 7.80. The number of anilines is 2. The Morgan fingerprint density at radius 3 is 2.18 bits per heavy atom. The number of nitrogens with one attached hydrogen (secondary N) is 3. The predicted molar refractivity (Wildman–Crippen MR) is 184 cm³/mol. The molecule has 1 aliphatic heterocycles. The maximum atomic E-state index is 11.2. The predicted octanol–water partition coefficient (Wildman–Crippen LogP) is 3.76. The molecule has 0 amide bonds. The summed E-state index contributed by atoms with van der Waals surface area (Å²) in [5.41, 5.74) is 4.15. The van der Waals surface area contributed by atoms with E-state index in [0.29, 0.717) is 48.0 Å². The summed E-state index contributed by atoms with van der Waals surface area (Å²) in [5.74, 6) is 1.70. The number of aliphatic hydroxyl groups excluding tert-OH is 3. The number of aromatic amines is 1. The lowest BCUT2D eigenvalue weighted by Gasteiger charge is -2.21. The molecule has 49 heavy (non-hydrogen) atoms. The van der Waals surface area contributed by atoms with Crippen molar-refractivity contribution >= 4 is 22.9 Å². The molecule has 0 spiro atoms. The Bertz CT molecular complexity index is 1920. The van der Waals surface area contributed by atoms with Crippen LogP contribution in [0.3, 0.4) is 0 Å². The smallest absolute Gasteiger partial charge is 0.227 e. The van der Waals surface area contributed by atoms with Crippen LogP contribution in [0.15, 0.2) is 97.3 Å². The van der Waals surface area contributed by atoms with E-state index in [-0.39, 0.29) is 24.5 Å². The molecule has 6 aromatic rings. The van der Waals surface area contributed by atoms with E-state index >= 15 is 0 Å². The molecule has 1 saturated heterocycles. The molecule has 7 rings (SSSR count). The fraction of sp³-hybridized carbons (Fsp3) is 0.306. The maximum Gasteiger partial charge on any atom is 0.227 e. The number of nitrogens with zero attached hydrogens (tertiary/aromatic N) is 6. The summed E-state index contributed by atoms with van der Waals surface area (Å²) in [6, 6.07) is 30.0. The van der Waals surface area contributed by atoms with Crippen LogP contribution in [0.5, 0.6) is 0 Å². The van der Waals surface area contributed by atoms with Crippen molar-refractivity contribution in [2.24, 2.45) is 0 Å². The molecule has 0 radical (unpaired) electrons. The first kappa shape index (κ1) is 32.3. The first-order valence-electron chi connectivity index (χ1n) is 16.4. The van der Waals surface area contributed by atoms with Crippen LogP contribution in [-0.4, -0.2) is 81.4 Å². The summed E-state index contributed by atoms with van der Waals surface area (Å²) >= 11 is 0. The van der Waals surface area contributed by atoms with E-state index in [1.54, 1.807) is 4.57 Å².